The highest BCUT2D eigenvalue weighted by molar-refractivity contribution is 14.0. The molecule has 0 unspecified atom stereocenters. The van der Waals surface area contributed by atoms with Crippen molar-refractivity contribution in [1.29, 1.82) is 0 Å². The second-order valence-corrected chi connectivity index (χ2v) is 7.67. The number of ether oxygens (including phenoxy) is 1. The van der Waals surface area contributed by atoms with Crippen LogP contribution in [0, 0.1) is 5.92 Å². The molecule has 2 N–H and O–H groups in total. The normalized spacial score (nSPS) is 13.4. The summed E-state index contributed by atoms with van der Waals surface area (Å²) < 4.78 is 7.95. The predicted molar refractivity (Wildman–Crippen MR) is 135 cm³/mol. The van der Waals surface area contributed by atoms with Crippen molar-refractivity contribution in [3.63, 3.8) is 0 Å². The number of halogens is 1. The van der Waals surface area contributed by atoms with Crippen molar-refractivity contribution in [3.05, 3.63) is 83.7 Å². The summed E-state index contributed by atoms with van der Waals surface area (Å²) in [5.74, 6) is 2.45. The van der Waals surface area contributed by atoms with Gasteiger partial charge < -0.3 is 15.4 Å². The Labute approximate surface area is 201 Å². The van der Waals surface area contributed by atoms with Gasteiger partial charge in [-0.25, -0.2) is 0 Å². The van der Waals surface area contributed by atoms with Crippen molar-refractivity contribution in [2.24, 2.45) is 10.9 Å². The Morgan fingerprint density at radius 2 is 1.77 bits per heavy atom. The summed E-state index contributed by atoms with van der Waals surface area (Å²) in [6.45, 7) is 2.91. The fourth-order valence-electron chi connectivity index (χ4n) is 3.22. The van der Waals surface area contributed by atoms with Gasteiger partial charge in [-0.1, -0.05) is 48.5 Å². The average molecular weight is 531 g/mol. The van der Waals surface area contributed by atoms with E-state index in [1.54, 1.807) is 7.05 Å². The maximum atomic E-state index is 6.00. The molecule has 7 heteroatoms. The minimum Gasteiger partial charge on any atom is -0.493 e. The molecule has 0 atom stereocenters. The molecule has 0 saturated heterocycles. The predicted octanol–water partition coefficient (Wildman–Crippen LogP) is 4.20. The van der Waals surface area contributed by atoms with Crippen molar-refractivity contribution in [1.82, 2.24) is 20.4 Å². The quantitative estimate of drug-likeness (QED) is 0.247. The van der Waals surface area contributed by atoms with Crippen LogP contribution in [0.2, 0.25) is 0 Å². The second kappa shape index (κ2) is 11.7. The lowest BCUT2D eigenvalue weighted by atomic mass is 10.2. The lowest BCUT2D eigenvalue weighted by molar-refractivity contribution is 0.296. The summed E-state index contributed by atoms with van der Waals surface area (Å²) in [6, 6.07) is 18.5. The van der Waals surface area contributed by atoms with E-state index >= 15 is 0 Å². The summed E-state index contributed by atoms with van der Waals surface area (Å²) in [5.41, 5.74) is 3.49. The molecule has 1 fully saturated rings. The molecular weight excluding hydrogens is 501 g/mol. The molecule has 164 valence electrons. The van der Waals surface area contributed by atoms with Crippen LogP contribution in [0.3, 0.4) is 0 Å². The zero-order valence-electron chi connectivity index (χ0n) is 17.8. The summed E-state index contributed by atoms with van der Waals surface area (Å²) in [6.07, 6.45) is 6.54. The van der Waals surface area contributed by atoms with Crippen LogP contribution in [0.15, 0.2) is 72.0 Å². The van der Waals surface area contributed by atoms with Crippen LogP contribution in [0.4, 0.5) is 0 Å². The first-order valence-corrected chi connectivity index (χ1v) is 10.5. The highest BCUT2D eigenvalue weighted by atomic mass is 127. The summed E-state index contributed by atoms with van der Waals surface area (Å²) in [4.78, 5) is 4.33. The van der Waals surface area contributed by atoms with E-state index in [9.17, 15) is 0 Å². The molecule has 1 aliphatic carbocycles. The molecule has 1 aromatic heterocycles. The second-order valence-electron chi connectivity index (χ2n) is 7.67. The van der Waals surface area contributed by atoms with Crippen LogP contribution in [0.1, 0.15) is 29.5 Å². The van der Waals surface area contributed by atoms with Gasteiger partial charge in [0.1, 0.15) is 5.75 Å². The van der Waals surface area contributed by atoms with Gasteiger partial charge in [-0.15, -0.1) is 24.0 Å². The van der Waals surface area contributed by atoms with Gasteiger partial charge in [-0.2, -0.15) is 5.10 Å². The molecule has 3 aromatic rings. The number of hydrogen-bond acceptors (Lipinski definition) is 3. The highest BCUT2D eigenvalue weighted by Crippen LogP contribution is 2.30. The Hall–Kier alpha value is -2.55. The molecule has 0 bridgehead atoms. The van der Waals surface area contributed by atoms with Gasteiger partial charge in [0.2, 0.25) is 0 Å². The van der Waals surface area contributed by atoms with Crippen molar-refractivity contribution in [3.8, 4) is 5.75 Å². The van der Waals surface area contributed by atoms with E-state index < -0.39 is 0 Å². The van der Waals surface area contributed by atoms with Gasteiger partial charge in [0.25, 0.3) is 0 Å². The number of nitrogens with one attached hydrogen (secondary N) is 2. The molecule has 1 saturated carbocycles. The fraction of sp³-hybridized carbons (Fsp3) is 0.333. The Balaban J connectivity index is 0.00000272. The first-order chi connectivity index (χ1) is 14.8. The van der Waals surface area contributed by atoms with E-state index in [-0.39, 0.29) is 24.0 Å². The van der Waals surface area contributed by atoms with Crippen molar-refractivity contribution < 1.29 is 4.74 Å². The number of hydrogen-bond donors (Lipinski definition) is 2. The number of para-hydroxylation sites is 1. The maximum absolute atomic E-state index is 6.00. The SMILES string of the molecule is CN=C(NCc1cnn(Cc2ccccc2)c1)NCc1ccccc1OCC1CC1.I. The van der Waals surface area contributed by atoms with Gasteiger partial charge in [-0.05, 0) is 30.4 Å². The van der Waals surface area contributed by atoms with Crippen molar-refractivity contribution >= 4 is 29.9 Å². The van der Waals surface area contributed by atoms with Crippen molar-refractivity contribution in [2.45, 2.75) is 32.5 Å². The van der Waals surface area contributed by atoms with Gasteiger partial charge in [0, 0.05) is 37.5 Å². The highest BCUT2D eigenvalue weighted by Gasteiger charge is 2.22. The molecule has 0 spiro atoms. The molecule has 0 amide bonds. The summed E-state index contributed by atoms with van der Waals surface area (Å²) in [7, 11) is 1.78. The Kier molecular flexibility index (Phi) is 8.75. The Morgan fingerprint density at radius 1 is 1.03 bits per heavy atom. The third kappa shape index (κ3) is 7.27. The number of aliphatic imine (C=N–C) groups is 1. The summed E-state index contributed by atoms with van der Waals surface area (Å²) >= 11 is 0. The molecule has 0 radical (unpaired) electrons. The molecule has 1 heterocycles. The van der Waals surface area contributed by atoms with E-state index in [1.165, 1.54) is 18.4 Å². The monoisotopic (exact) mass is 531 g/mol. The molecule has 31 heavy (non-hydrogen) atoms. The van der Waals surface area contributed by atoms with Gasteiger partial charge in [0.05, 0.1) is 19.3 Å². The van der Waals surface area contributed by atoms with Crippen molar-refractivity contribution in [2.75, 3.05) is 13.7 Å². The standard InChI is InChI=1S/C24H29N5O.HI/c1-25-24(27-15-22-9-5-6-10-23(22)30-18-20-11-12-20)26-13-21-14-28-29(17-21)16-19-7-3-2-4-8-19;/h2-10,14,17,20H,11-13,15-16,18H2,1H3,(H2,25,26,27);1H. The third-order valence-electron chi connectivity index (χ3n) is 5.15. The average Bonchev–Trinajstić information content (AvgIpc) is 3.51. The Morgan fingerprint density at radius 3 is 2.55 bits per heavy atom. The van der Waals surface area contributed by atoms with Gasteiger partial charge in [-0.3, -0.25) is 9.67 Å². The lowest BCUT2D eigenvalue weighted by Gasteiger charge is -2.14. The molecule has 0 aliphatic heterocycles. The smallest absolute Gasteiger partial charge is 0.191 e. The molecular formula is C24H30IN5O. The van der Waals surface area contributed by atoms with E-state index in [4.69, 9.17) is 4.74 Å². The number of benzene rings is 2. The summed E-state index contributed by atoms with van der Waals surface area (Å²) in [5, 5.41) is 11.2. The minimum atomic E-state index is 0. The van der Waals surface area contributed by atoms with Crippen LogP contribution in [-0.2, 0) is 19.6 Å². The molecule has 1 aliphatic rings. The van der Waals surface area contributed by atoms with Crippen LogP contribution in [0.25, 0.3) is 0 Å². The molecule has 2 aromatic carbocycles. The first kappa shape index (κ1) is 23.1. The Bertz CT molecular complexity index is 969. The largest absolute Gasteiger partial charge is 0.493 e. The number of nitrogens with zero attached hydrogens (tertiary/aromatic N) is 3. The zero-order valence-corrected chi connectivity index (χ0v) is 20.2. The lowest BCUT2D eigenvalue weighted by Crippen LogP contribution is -2.36. The first-order valence-electron chi connectivity index (χ1n) is 10.5. The number of rotatable bonds is 9. The maximum Gasteiger partial charge on any atom is 0.191 e. The van der Waals surface area contributed by atoms with E-state index in [0.29, 0.717) is 13.1 Å². The van der Waals surface area contributed by atoms with Gasteiger partial charge >= 0.3 is 0 Å². The minimum absolute atomic E-state index is 0. The number of aromatic nitrogens is 2. The number of guanidine groups is 1. The van der Waals surface area contributed by atoms with Crippen LogP contribution in [0.5, 0.6) is 5.75 Å². The van der Waals surface area contributed by atoms with E-state index in [1.807, 2.05) is 47.3 Å². The zero-order chi connectivity index (χ0) is 20.6. The van der Waals surface area contributed by atoms with E-state index in [0.717, 1.165) is 41.9 Å². The molecule has 4 rings (SSSR count). The van der Waals surface area contributed by atoms with Crippen LogP contribution < -0.4 is 15.4 Å². The van der Waals surface area contributed by atoms with Gasteiger partial charge in [0.15, 0.2) is 5.96 Å². The van der Waals surface area contributed by atoms with Crippen LogP contribution >= 0.6 is 24.0 Å². The third-order valence-corrected chi connectivity index (χ3v) is 5.15. The fourth-order valence-corrected chi connectivity index (χ4v) is 3.22. The van der Waals surface area contributed by atoms with E-state index in [2.05, 4.69) is 45.1 Å². The van der Waals surface area contributed by atoms with Crippen LogP contribution in [-0.4, -0.2) is 29.4 Å². The molecule has 6 nitrogen and oxygen atoms in total. The topological polar surface area (TPSA) is 63.5 Å².